The zero-order valence-electron chi connectivity index (χ0n) is 11.3. The molecule has 5 nitrogen and oxygen atoms in total. The molecular formula is C14H21N3O2. The van der Waals surface area contributed by atoms with Crippen molar-refractivity contribution in [3.63, 3.8) is 0 Å². The van der Waals surface area contributed by atoms with Crippen molar-refractivity contribution in [2.75, 3.05) is 26.7 Å². The lowest BCUT2D eigenvalue weighted by molar-refractivity contribution is 0.0684. The minimum atomic E-state index is 0.0328. The molecule has 104 valence electrons. The fourth-order valence-electron chi connectivity index (χ4n) is 2.55. The third kappa shape index (κ3) is 3.23. The van der Waals surface area contributed by atoms with E-state index < -0.39 is 0 Å². The lowest BCUT2D eigenvalue weighted by Crippen LogP contribution is -2.39. The highest BCUT2D eigenvalue weighted by molar-refractivity contribution is 5.96. The molecule has 1 fully saturated rings. The number of hydrogen-bond donors (Lipinski definition) is 1. The van der Waals surface area contributed by atoms with Gasteiger partial charge in [-0.1, -0.05) is 0 Å². The molecule has 0 aliphatic carbocycles. The summed E-state index contributed by atoms with van der Waals surface area (Å²) in [6.45, 7) is 2.33. The van der Waals surface area contributed by atoms with E-state index in [0.29, 0.717) is 17.2 Å². The van der Waals surface area contributed by atoms with Gasteiger partial charge in [-0.15, -0.1) is 0 Å². The number of aromatic nitrogens is 1. The zero-order chi connectivity index (χ0) is 13.7. The van der Waals surface area contributed by atoms with E-state index in [4.69, 9.17) is 10.5 Å². The molecule has 0 radical (unpaired) electrons. The molecule has 5 heteroatoms. The number of amides is 1. The predicted molar refractivity (Wildman–Crippen MR) is 73.1 cm³/mol. The molecule has 1 aliphatic heterocycles. The number of nitrogens with zero attached hydrogens (tertiary/aromatic N) is 2. The predicted octanol–water partition coefficient (Wildman–Crippen LogP) is 1.29. The van der Waals surface area contributed by atoms with Crippen LogP contribution >= 0.6 is 0 Å². The Morgan fingerprint density at radius 1 is 1.53 bits per heavy atom. The van der Waals surface area contributed by atoms with Crippen molar-refractivity contribution in [2.24, 2.45) is 11.7 Å². The summed E-state index contributed by atoms with van der Waals surface area (Å²) in [5.41, 5.74) is 6.17. The highest BCUT2D eigenvalue weighted by Crippen LogP contribution is 2.24. The smallest absolute Gasteiger partial charge is 0.257 e. The van der Waals surface area contributed by atoms with Gasteiger partial charge < -0.3 is 15.4 Å². The molecule has 1 aromatic rings. The molecule has 1 amide bonds. The summed E-state index contributed by atoms with van der Waals surface area (Å²) in [7, 11) is 1.56. The van der Waals surface area contributed by atoms with E-state index in [1.54, 1.807) is 25.6 Å². The Morgan fingerprint density at radius 3 is 2.89 bits per heavy atom. The maximum absolute atomic E-state index is 12.4. The van der Waals surface area contributed by atoms with Crippen molar-refractivity contribution in [1.29, 1.82) is 0 Å². The van der Waals surface area contributed by atoms with Crippen LogP contribution in [0.15, 0.2) is 18.5 Å². The summed E-state index contributed by atoms with van der Waals surface area (Å²) in [5.74, 6) is 1.23. The van der Waals surface area contributed by atoms with Gasteiger partial charge in [0.05, 0.1) is 18.9 Å². The summed E-state index contributed by atoms with van der Waals surface area (Å²) in [6, 6.07) is 1.72. The van der Waals surface area contributed by atoms with Gasteiger partial charge in [-0.3, -0.25) is 9.78 Å². The maximum Gasteiger partial charge on any atom is 0.257 e. The second-order valence-electron chi connectivity index (χ2n) is 4.89. The lowest BCUT2D eigenvalue weighted by Gasteiger charge is -2.32. The summed E-state index contributed by atoms with van der Waals surface area (Å²) >= 11 is 0. The van der Waals surface area contributed by atoms with Crippen molar-refractivity contribution in [3.8, 4) is 5.75 Å². The minimum absolute atomic E-state index is 0.0328. The number of piperidine rings is 1. The molecule has 19 heavy (non-hydrogen) atoms. The Kier molecular flexibility index (Phi) is 4.74. The van der Waals surface area contributed by atoms with E-state index in [2.05, 4.69) is 4.98 Å². The van der Waals surface area contributed by atoms with Crippen molar-refractivity contribution in [1.82, 2.24) is 9.88 Å². The molecule has 1 aliphatic rings. The van der Waals surface area contributed by atoms with Gasteiger partial charge in [0.25, 0.3) is 5.91 Å². The van der Waals surface area contributed by atoms with Crippen LogP contribution < -0.4 is 10.5 Å². The van der Waals surface area contributed by atoms with Crippen molar-refractivity contribution in [3.05, 3.63) is 24.0 Å². The second-order valence-corrected chi connectivity index (χ2v) is 4.89. The normalized spacial score (nSPS) is 16.4. The van der Waals surface area contributed by atoms with Gasteiger partial charge in [0, 0.05) is 19.3 Å². The molecule has 0 bridgehead atoms. The van der Waals surface area contributed by atoms with E-state index in [1.165, 1.54) is 0 Å². The maximum atomic E-state index is 12.4. The Morgan fingerprint density at radius 2 is 2.26 bits per heavy atom. The van der Waals surface area contributed by atoms with E-state index in [0.717, 1.165) is 38.9 Å². The molecule has 0 saturated carbocycles. The van der Waals surface area contributed by atoms with E-state index in [-0.39, 0.29) is 5.91 Å². The number of hydrogen-bond acceptors (Lipinski definition) is 4. The number of ether oxygens (including phenoxy) is 1. The largest absolute Gasteiger partial charge is 0.494 e. The van der Waals surface area contributed by atoms with Gasteiger partial charge in [-0.05, 0) is 37.8 Å². The van der Waals surface area contributed by atoms with Crippen LogP contribution in [-0.4, -0.2) is 42.5 Å². The van der Waals surface area contributed by atoms with Gasteiger partial charge in [-0.2, -0.15) is 0 Å². The van der Waals surface area contributed by atoms with Crippen LogP contribution in [0.25, 0.3) is 0 Å². The summed E-state index contributed by atoms with van der Waals surface area (Å²) in [6.07, 6.45) is 6.33. The Labute approximate surface area is 113 Å². The molecule has 0 aromatic carbocycles. The molecule has 2 rings (SSSR count). The highest BCUT2D eigenvalue weighted by Gasteiger charge is 2.24. The molecule has 0 atom stereocenters. The number of carbonyl (C=O) groups is 1. The van der Waals surface area contributed by atoms with Crippen LogP contribution in [-0.2, 0) is 0 Å². The number of nitrogens with two attached hydrogens (primary N) is 1. The highest BCUT2D eigenvalue weighted by atomic mass is 16.5. The van der Waals surface area contributed by atoms with Gasteiger partial charge in [0.15, 0.2) is 0 Å². The number of methoxy groups -OCH3 is 1. The van der Waals surface area contributed by atoms with Crippen LogP contribution in [0.1, 0.15) is 29.6 Å². The van der Waals surface area contributed by atoms with Crippen LogP contribution in [0.3, 0.4) is 0 Å². The van der Waals surface area contributed by atoms with Crippen molar-refractivity contribution >= 4 is 5.91 Å². The molecule has 1 aromatic heterocycles. The van der Waals surface area contributed by atoms with E-state index in [1.807, 2.05) is 4.90 Å². The molecule has 2 heterocycles. The first kappa shape index (κ1) is 13.8. The van der Waals surface area contributed by atoms with Crippen LogP contribution in [0.2, 0.25) is 0 Å². The zero-order valence-corrected chi connectivity index (χ0v) is 11.3. The fourth-order valence-corrected chi connectivity index (χ4v) is 2.55. The second kappa shape index (κ2) is 6.52. The number of rotatable bonds is 4. The lowest BCUT2D eigenvalue weighted by atomic mass is 9.93. The third-order valence-electron chi connectivity index (χ3n) is 3.71. The van der Waals surface area contributed by atoms with Crippen LogP contribution in [0.4, 0.5) is 0 Å². The van der Waals surface area contributed by atoms with E-state index in [9.17, 15) is 4.79 Å². The average molecular weight is 263 g/mol. The van der Waals surface area contributed by atoms with Crippen molar-refractivity contribution in [2.45, 2.75) is 19.3 Å². The Hall–Kier alpha value is -1.62. The van der Waals surface area contributed by atoms with Gasteiger partial charge in [0.2, 0.25) is 0 Å². The fraction of sp³-hybridized carbons (Fsp3) is 0.571. The third-order valence-corrected chi connectivity index (χ3v) is 3.71. The minimum Gasteiger partial charge on any atom is -0.494 e. The molecule has 2 N–H and O–H groups in total. The van der Waals surface area contributed by atoms with Crippen LogP contribution in [0.5, 0.6) is 5.75 Å². The summed E-state index contributed by atoms with van der Waals surface area (Å²) in [5, 5.41) is 0. The van der Waals surface area contributed by atoms with Gasteiger partial charge in [-0.25, -0.2) is 0 Å². The average Bonchev–Trinajstić information content (AvgIpc) is 2.47. The van der Waals surface area contributed by atoms with E-state index >= 15 is 0 Å². The quantitative estimate of drug-likeness (QED) is 0.888. The Balaban J connectivity index is 2.01. The first-order valence-corrected chi connectivity index (χ1v) is 6.73. The van der Waals surface area contributed by atoms with Gasteiger partial charge >= 0.3 is 0 Å². The topological polar surface area (TPSA) is 68.5 Å². The standard InChI is InChI=1S/C14H21N3O2/c1-19-13-10-16-7-3-12(13)14(18)17-8-4-11(2-6-15)5-9-17/h3,7,10-11H,2,4-6,8-9,15H2,1H3. The first-order valence-electron chi connectivity index (χ1n) is 6.73. The van der Waals surface area contributed by atoms with Crippen LogP contribution in [0, 0.1) is 5.92 Å². The molecule has 0 spiro atoms. The first-order chi connectivity index (χ1) is 9.26. The molecular weight excluding hydrogens is 242 g/mol. The molecule has 1 saturated heterocycles. The summed E-state index contributed by atoms with van der Waals surface area (Å²) in [4.78, 5) is 18.3. The number of likely N-dealkylation sites (tertiary alicyclic amines) is 1. The summed E-state index contributed by atoms with van der Waals surface area (Å²) < 4.78 is 5.19. The number of carbonyl (C=O) groups excluding carboxylic acids is 1. The number of pyridine rings is 1. The SMILES string of the molecule is COc1cnccc1C(=O)N1CCC(CCN)CC1. The monoisotopic (exact) mass is 263 g/mol. The molecule has 0 unspecified atom stereocenters. The van der Waals surface area contributed by atoms with Gasteiger partial charge in [0.1, 0.15) is 5.75 Å². The Bertz CT molecular complexity index is 428. The van der Waals surface area contributed by atoms with Crippen molar-refractivity contribution < 1.29 is 9.53 Å².